The lowest BCUT2D eigenvalue weighted by atomic mass is 10.2. The average molecular weight is 253 g/mol. The Morgan fingerprint density at radius 2 is 1.78 bits per heavy atom. The maximum Gasteiger partial charge on any atom is 0.419 e. The molecule has 0 aliphatic carbocycles. The minimum Gasteiger partial charge on any atom is -0.455 e. The lowest BCUT2D eigenvalue weighted by molar-refractivity contribution is -0.138. The van der Waals surface area contributed by atoms with Crippen molar-refractivity contribution < 1.29 is 17.9 Å². The number of nitrogens with zero attached hydrogens (tertiary/aromatic N) is 1. The van der Waals surface area contributed by atoms with Crippen LogP contribution < -0.4 is 4.74 Å². The molecule has 0 fully saturated rings. The lowest BCUT2D eigenvalue weighted by Gasteiger charge is -2.13. The molecule has 0 radical (unpaired) electrons. The highest BCUT2D eigenvalue weighted by molar-refractivity contribution is 5.39. The molecular formula is C13H10F3NO. The van der Waals surface area contributed by atoms with Crippen molar-refractivity contribution in [2.75, 3.05) is 0 Å². The zero-order chi connectivity index (χ0) is 13.2. The van der Waals surface area contributed by atoms with Gasteiger partial charge in [-0.05, 0) is 31.2 Å². The summed E-state index contributed by atoms with van der Waals surface area (Å²) in [6.45, 7) is 1.79. The normalized spacial score (nSPS) is 11.3. The lowest BCUT2D eigenvalue weighted by Crippen LogP contribution is -2.06. The Kier molecular flexibility index (Phi) is 3.23. The predicted molar refractivity (Wildman–Crippen MR) is 60.5 cm³/mol. The molecule has 0 spiro atoms. The summed E-state index contributed by atoms with van der Waals surface area (Å²) in [4.78, 5) is 3.96. The molecule has 0 aliphatic rings. The molecule has 1 aromatic carbocycles. The number of pyridine rings is 1. The molecule has 0 atom stereocenters. The van der Waals surface area contributed by atoms with Crippen molar-refractivity contribution in [2.45, 2.75) is 13.1 Å². The molecule has 0 aliphatic heterocycles. The molecule has 1 aromatic heterocycles. The van der Waals surface area contributed by atoms with E-state index in [1.54, 1.807) is 19.1 Å². The Hall–Kier alpha value is -2.04. The topological polar surface area (TPSA) is 22.1 Å². The van der Waals surface area contributed by atoms with Gasteiger partial charge in [0, 0.05) is 5.69 Å². The van der Waals surface area contributed by atoms with Crippen LogP contribution in [0.25, 0.3) is 0 Å². The second-order valence-electron chi connectivity index (χ2n) is 3.73. The SMILES string of the molecule is Cc1ccc(Oc2ccccc2C(F)(F)F)cn1. The van der Waals surface area contributed by atoms with E-state index in [4.69, 9.17) is 4.74 Å². The van der Waals surface area contributed by atoms with Crippen molar-refractivity contribution in [3.8, 4) is 11.5 Å². The van der Waals surface area contributed by atoms with Gasteiger partial charge < -0.3 is 4.74 Å². The number of para-hydroxylation sites is 1. The number of rotatable bonds is 2. The fraction of sp³-hybridized carbons (Fsp3) is 0.154. The largest absolute Gasteiger partial charge is 0.455 e. The van der Waals surface area contributed by atoms with Gasteiger partial charge in [-0.3, -0.25) is 4.98 Å². The minimum atomic E-state index is -4.44. The highest BCUT2D eigenvalue weighted by Crippen LogP contribution is 2.37. The van der Waals surface area contributed by atoms with Gasteiger partial charge in [0.2, 0.25) is 0 Å². The van der Waals surface area contributed by atoms with E-state index >= 15 is 0 Å². The molecule has 2 rings (SSSR count). The highest BCUT2D eigenvalue weighted by atomic mass is 19.4. The summed E-state index contributed by atoms with van der Waals surface area (Å²) in [5.74, 6) is 0.0490. The number of halogens is 3. The molecule has 0 unspecified atom stereocenters. The van der Waals surface area contributed by atoms with Crippen LogP contribution in [0.2, 0.25) is 0 Å². The van der Waals surface area contributed by atoms with Crippen LogP contribution in [-0.2, 0) is 6.18 Å². The van der Waals surface area contributed by atoms with E-state index in [-0.39, 0.29) is 11.5 Å². The first kappa shape index (κ1) is 12.4. The van der Waals surface area contributed by atoms with Gasteiger partial charge in [-0.15, -0.1) is 0 Å². The smallest absolute Gasteiger partial charge is 0.419 e. The van der Waals surface area contributed by atoms with Crippen molar-refractivity contribution in [1.29, 1.82) is 0 Å². The molecule has 94 valence electrons. The Morgan fingerprint density at radius 3 is 2.39 bits per heavy atom. The van der Waals surface area contributed by atoms with E-state index in [0.717, 1.165) is 11.8 Å². The quantitative estimate of drug-likeness (QED) is 0.800. The van der Waals surface area contributed by atoms with Gasteiger partial charge in [-0.2, -0.15) is 13.2 Å². The highest BCUT2D eigenvalue weighted by Gasteiger charge is 2.34. The molecule has 0 bridgehead atoms. The van der Waals surface area contributed by atoms with Gasteiger partial charge in [-0.25, -0.2) is 0 Å². The van der Waals surface area contributed by atoms with Crippen molar-refractivity contribution in [1.82, 2.24) is 4.98 Å². The number of alkyl halides is 3. The van der Waals surface area contributed by atoms with E-state index in [0.29, 0.717) is 0 Å². The first-order valence-corrected chi connectivity index (χ1v) is 5.23. The zero-order valence-corrected chi connectivity index (χ0v) is 9.53. The predicted octanol–water partition coefficient (Wildman–Crippen LogP) is 4.20. The van der Waals surface area contributed by atoms with Crippen molar-refractivity contribution in [3.05, 3.63) is 53.9 Å². The van der Waals surface area contributed by atoms with Crippen LogP contribution in [0.1, 0.15) is 11.3 Å². The van der Waals surface area contributed by atoms with Gasteiger partial charge in [-0.1, -0.05) is 12.1 Å². The van der Waals surface area contributed by atoms with Crippen LogP contribution in [0.4, 0.5) is 13.2 Å². The number of hydrogen-bond donors (Lipinski definition) is 0. The maximum atomic E-state index is 12.7. The molecule has 1 heterocycles. The minimum absolute atomic E-state index is 0.226. The first-order valence-electron chi connectivity index (χ1n) is 5.23. The molecule has 5 heteroatoms. The van der Waals surface area contributed by atoms with Crippen molar-refractivity contribution in [3.63, 3.8) is 0 Å². The second kappa shape index (κ2) is 4.68. The summed E-state index contributed by atoms with van der Waals surface area (Å²) in [7, 11) is 0. The number of aryl methyl sites for hydroxylation is 1. The van der Waals surface area contributed by atoms with Crippen molar-refractivity contribution >= 4 is 0 Å². The Morgan fingerprint density at radius 1 is 1.06 bits per heavy atom. The Balaban J connectivity index is 2.32. The Bertz CT molecular complexity index is 535. The van der Waals surface area contributed by atoms with Crippen LogP contribution >= 0.6 is 0 Å². The third-order valence-corrected chi connectivity index (χ3v) is 2.30. The van der Waals surface area contributed by atoms with Gasteiger partial charge in [0.05, 0.1) is 11.8 Å². The van der Waals surface area contributed by atoms with Gasteiger partial charge in [0.25, 0.3) is 0 Å². The summed E-state index contributed by atoms with van der Waals surface area (Å²) < 4.78 is 43.4. The van der Waals surface area contributed by atoms with Crippen LogP contribution in [0.5, 0.6) is 11.5 Å². The van der Waals surface area contributed by atoms with Gasteiger partial charge in [0.1, 0.15) is 11.5 Å². The summed E-state index contributed by atoms with van der Waals surface area (Å²) in [6, 6.07) is 8.33. The van der Waals surface area contributed by atoms with E-state index in [2.05, 4.69) is 4.98 Å². The van der Waals surface area contributed by atoms with Gasteiger partial charge in [0.15, 0.2) is 0 Å². The van der Waals surface area contributed by atoms with E-state index < -0.39 is 11.7 Å². The van der Waals surface area contributed by atoms with E-state index in [1.807, 2.05) is 0 Å². The van der Waals surface area contributed by atoms with E-state index in [9.17, 15) is 13.2 Å². The first-order chi connectivity index (χ1) is 8.47. The van der Waals surface area contributed by atoms with Gasteiger partial charge >= 0.3 is 6.18 Å². The number of aromatic nitrogens is 1. The van der Waals surface area contributed by atoms with Crippen LogP contribution in [0.3, 0.4) is 0 Å². The standard InChI is InChI=1S/C13H10F3NO/c1-9-6-7-10(8-17-9)18-12-5-3-2-4-11(12)13(14,15)16/h2-8H,1H3. The number of benzene rings is 1. The monoisotopic (exact) mass is 253 g/mol. The molecule has 2 aromatic rings. The fourth-order valence-corrected chi connectivity index (χ4v) is 1.43. The number of ether oxygens (including phenoxy) is 1. The third kappa shape index (κ3) is 2.80. The van der Waals surface area contributed by atoms with Crippen LogP contribution in [-0.4, -0.2) is 4.98 Å². The molecule has 0 N–H and O–H groups in total. The fourth-order valence-electron chi connectivity index (χ4n) is 1.43. The summed E-state index contributed by atoms with van der Waals surface area (Å²) in [5, 5.41) is 0. The molecule has 18 heavy (non-hydrogen) atoms. The molecule has 0 saturated heterocycles. The maximum absolute atomic E-state index is 12.7. The third-order valence-electron chi connectivity index (χ3n) is 2.30. The second-order valence-corrected chi connectivity index (χ2v) is 3.73. The summed E-state index contributed by atoms with van der Waals surface area (Å²) >= 11 is 0. The summed E-state index contributed by atoms with van der Waals surface area (Å²) in [6.07, 6.45) is -3.04. The molecule has 0 amide bonds. The molecule has 0 saturated carbocycles. The molecule has 2 nitrogen and oxygen atoms in total. The Labute approximate surface area is 102 Å². The van der Waals surface area contributed by atoms with Crippen LogP contribution in [0.15, 0.2) is 42.6 Å². The zero-order valence-electron chi connectivity index (χ0n) is 9.53. The number of hydrogen-bond acceptors (Lipinski definition) is 2. The van der Waals surface area contributed by atoms with Crippen molar-refractivity contribution in [2.24, 2.45) is 0 Å². The van der Waals surface area contributed by atoms with E-state index in [1.165, 1.54) is 24.4 Å². The average Bonchev–Trinajstić information content (AvgIpc) is 2.31. The molecular weight excluding hydrogens is 243 g/mol. The van der Waals surface area contributed by atoms with Crippen LogP contribution in [0, 0.1) is 6.92 Å². The summed E-state index contributed by atoms with van der Waals surface area (Å²) in [5.41, 5.74) is -0.0305.